The van der Waals surface area contributed by atoms with Crippen LogP contribution in [0.15, 0.2) is 35.3 Å². The first-order chi connectivity index (χ1) is 11.3. The van der Waals surface area contributed by atoms with E-state index in [-0.39, 0.29) is 6.10 Å². The Hall–Kier alpha value is -1.59. The molecule has 0 amide bonds. The first-order valence-corrected chi connectivity index (χ1v) is 8.62. The number of unbranched alkanes of at least 4 members (excludes halogenated alkanes) is 1. The molecule has 0 aliphatic carbocycles. The molecular weight excluding hydrogens is 290 g/mol. The number of likely N-dealkylation sites (tertiary alicyclic amines) is 1. The highest BCUT2D eigenvalue weighted by atomic mass is 16.5. The summed E-state index contributed by atoms with van der Waals surface area (Å²) in [6, 6.07) is 10.2. The molecule has 1 heterocycles. The number of aliphatic hydroxyl groups is 1. The van der Waals surface area contributed by atoms with Gasteiger partial charge in [-0.1, -0.05) is 30.3 Å². The third kappa shape index (κ3) is 6.59. The molecule has 0 aromatic heterocycles. The third-order valence-electron chi connectivity index (χ3n) is 3.87. The van der Waals surface area contributed by atoms with E-state index in [2.05, 4.69) is 34.3 Å². The summed E-state index contributed by atoms with van der Waals surface area (Å²) in [5, 5.41) is 12.9. The van der Waals surface area contributed by atoms with Crippen LogP contribution in [-0.4, -0.2) is 54.9 Å². The Labute approximate surface area is 139 Å². The van der Waals surface area contributed by atoms with Crippen LogP contribution in [0.5, 0.6) is 0 Å². The maximum Gasteiger partial charge on any atom is 0.194 e. The van der Waals surface area contributed by atoms with Crippen LogP contribution < -0.4 is 5.32 Å². The minimum atomic E-state index is -0.217. The van der Waals surface area contributed by atoms with Crippen LogP contribution in [-0.2, 0) is 11.3 Å². The van der Waals surface area contributed by atoms with E-state index < -0.39 is 0 Å². The maximum atomic E-state index is 9.64. The molecule has 5 heteroatoms. The predicted molar refractivity (Wildman–Crippen MR) is 93.5 cm³/mol. The van der Waals surface area contributed by atoms with Crippen molar-refractivity contribution in [1.82, 2.24) is 10.2 Å². The lowest BCUT2D eigenvalue weighted by atomic mass is 10.2. The second kappa shape index (κ2) is 10.2. The van der Waals surface area contributed by atoms with E-state index in [1.807, 2.05) is 18.2 Å². The van der Waals surface area contributed by atoms with Gasteiger partial charge in [0.2, 0.25) is 0 Å². The number of ether oxygens (including phenoxy) is 1. The Morgan fingerprint density at radius 1 is 1.35 bits per heavy atom. The van der Waals surface area contributed by atoms with Gasteiger partial charge in [0.05, 0.1) is 12.7 Å². The number of aliphatic hydroxyl groups excluding tert-OH is 1. The molecule has 23 heavy (non-hydrogen) atoms. The van der Waals surface area contributed by atoms with Gasteiger partial charge < -0.3 is 20.1 Å². The molecular formula is C18H29N3O2. The normalized spacial score (nSPS) is 18.4. The summed E-state index contributed by atoms with van der Waals surface area (Å²) in [6.45, 7) is 6.73. The predicted octanol–water partition coefficient (Wildman–Crippen LogP) is 2.02. The molecule has 0 unspecified atom stereocenters. The van der Waals surface area contributed by atoms with Crippen molar-refractivity contribution in [2.24, 2.45) is 4.99 Å². The Morgan fingerprint density at radius 2 is 2.17 bits per heavy atom. The number of hydrogen-bond donors (Lipinski definition) is 2. The Balaban J connectivity index is 1.60. The maximum absolute atomic E-state index is 9.64. The summed E-state index contributed by atoms with van der Waals surface area (Å²) in [5.74, 6) is 0.925. The Morgan fingerprint density at radius 3 is 2.87 bits per heavy atom. The molecule has 1 atom stereocenters. The highest BCUT2D eigenvalue weighted by Gasteiger charge is 2.22. The summed E-state index contributed by atoms with van der Waals surface area (Å²) in [5.41, 5.74) is 1.22. The van der Waals surface area contributed by atoms with Crippen LogP contribution in [0.25, 0.3) is 0 Å². The molecule has 1 aromatic carbocycles. The van der Waals surface area contributed by atoms with Crippen molar-refractivity contribution in [2.45, 2.75) is 38.9 Å². The molecule has 0 radical (unpaired) electrons. The van der Waals surface area contributed by atoms with Gasteiger partial charge in [-0.3, -0.25) is 4.99 Å². The largest absolute Gasteiger partial charge is 0.391 e. The zero-order chi connectivity index (χ0) is 16.3. The average molecular weight is 319 g/mol. The van der Waals surface area contributed by atoms with E-state index in [4.69, 9.17) is 4.74 Å². The topological polar surface area (TPSA) is 57.1 Å². The zero-order valence-corrected chi connectivity index (χ0v) is 14.1. The lowest BCUT2D eigenvalue weighted by Crippen LogP contribution is -2.40. The summed E-state index contributed by atoms with van der Waals surface area (Å²) in [6.07, 6.45) is 2.64. The number of hydrogen-bond acceptors (Lipinski definition) is 3. The number of β-amino-alcohol motifs (C(OH)–C–C–N with tert-alkyl or cyclic N) is 1. The summed E-state index contributed by atoms with van der Waals surface area (Å²) in [7, 11) is 0. The number of nitrogens with zero attached hydrogens (tertiary/aromatic N) is 2. The van der Waals surface area contributed by atoms with Crippen LogP contribution in [0, 0.1) is 0 Å². The third-order valence-corrected chi connectivity index (χ3v) is 3.87. The van der Waals surface area contributed by atoms with Gasteiger partial charge in [-0.15, -0.1) is 0 Å². The van der Waals surface area contributed by atoms with Gasteiger partial charge >= 0.3 is 0 Å². The molecule has 128 valence electrons. The van der Waals surface area contributed by atoms with Crippen LogP contribution >= 0.6 is 0 Å². The standard InChI is InChI=1S/C18H29N3O2/c1-2-19-18(21-12-10-17(22)14-21)20-11-6-7-13-23-15-16-8-4-3-5-9-16/h3-5,8-9,17,22H,2,6-7,10-15H2,1H3,(H,19,20)/t17-/m1/s1. The SMILES string of the molecule is CCNC(=NCCCCOCc1ccccc1)N1CC[C@@H](O)C1. The molecule has 0 saturated carbocycles. The van der Waals surface area contributed by atoms with Crippen molar-refractivity contribution in [3.63, 3.8) is 0 Å². The number of rotatable bonds is 8. The van der Waals surface area contributed by atoms with Crippen LogP contribution in [0.2, 0.25) is 0 Å². The summed E-state index contributed by atoms with van der Waals surface area (Å²) in [4.78, 5) is 6.79. The molecule has 1 fully saturated rings. The van der Waals surface area contributed by atoms with E-state index in [1.54, 1.807) is 0 Å². The van der Waals surface area contributed by atoms with E-state index in [1.165, 1.54) is 5.56 Å². The molecule has 2 N–H and O–H groups in total. The average Bonchev–Trinajstić information content (AvgIpc) is 3.00. The van der Waals surface area contributed by atoms with Gasteiger partial charge in [-0.05, 0) is 31.7 Å². The summed E-state index contributed by atoms with van der Waals surface area (Å²) < 4.78 is 5.68. The van der Waals surface area contributed by atoms with Crippen molar-refractivity contribution >= 4 is 5.96 Å². The second-order valence-corrected chi connectivity index (χ2v) is 5.87. The number of guanidine groups is 1. The van der Waals surface area contributed by atoms with Crippen LogP contribution in [0.4, 0.5) is 0 Å². The van der Waals surface area contributed by atoms with Gasteiger partial charge in [0.1, 0.15) is 0 Å². The lowest BCUT2D eigenvalue weighted by molar-refractivity contribution is 0.117. The molecule has 1 aliphatic heterocycles. The monoisotopic (exact) mass is 319 g/mol. The fourth-order valence-corrected chi connectivity index (χ4v) is 2.63. The van der Waals surface area contributed by atoms with Crippen molar-refractivity contribution in [1.29, 1.82) is 0 Å². The van der Waals surface area contributed by atoms with Gasteiger partial charge in [0.25, 0.3) is 0 Å². The summed E-state index contributed by atoms with van der Waals surface area (Å²) >= 11 is 0. The molecule has 5 nitrogen and oxygen atoms in total. The second-order valence-electron chi connectivity index (χ2n) is 5.87. The van der Waals surface area contributed by atoms with Crippen molar-refractivity contribution in [2.75, 3.05) is 32.8 Å². The molecule has 0 bridgehead atoms. The first-order valence-electron chi connectivity index (χ1n) is 8.62. The quantitative estimate of drug-likeness (QED) is 0.437. The highest BCUT2D eigenvalue weighted by molar-refractivity contribution is 5.80. The van der Waals surface area contributed by atoms with Crippen molar-refractivity contribution in [3.05, 3.63) is 35.9 Å². The number of benzene rings is 1. The lowest BCUT2D eigenvalue weighted by Gasteiger charge is -2.20. The molecule has 0 spiro atoms. The van der Waals surface area contributed by atoms with E-state index >= 15 is 0 Å². The molecule has 1 saturated heterocycles. The van der Waals surface area contributed by atoms with E-state index in [0.717, 1.165) is 51.5 Å². The van der Waals surface area contributed by atoms with Gasteiger partial charge in [0.15, 0.2) is 5.96 Å². The molecule has 1 aromatic rings. The fourth-order valence-electron chi connectivity index (χ4n) is 2.63. The molecule has 2 rings (SSSR count). The minimum Gasteiger partial charge on any atom is -0.391 e. The Bertz CT molecular complexity index is 465. The van der Waals surface area contributed by atoms with Gasteiger partial charge in [-0.2, -0.15) is 0 Å². The Kier molecular flexibility index (Phi) is 7.90. The number of aliphatic imine (C=N–C) groups is 1. The van der Waals surface area contributed by atoms with Gasteiger partial charge in [0, 0.05) is 32.8 Å². The smallest absolute Gasteiger partial charge is 0.194 e. The number of nitrogens with one attached hydrogen (secondary N) is 1. The zero-order valence-electron chi connectivity index (χ0n) is 14.1. The van der Waals surface area contributed by atoms with Crippen LogP contribution in [0.3, 0.4) is 0 Å². The van der Waals surface area contributed by atoms with E-state index in [0.29, 0.717) is 13.2 Å². The van der Waals surface area contributed by atoms with Crippen LogP contribution in [0.1, 0.15) is 31.7 Å². The van der Waals surface area contributed by atoms with Crippen molar-refractivity contribution in [3.8, 4) is 0 Å². The van der Waals surface area contributed by atoms with Gasteiger partial charge in [-0.25, -0.2) is 0 Å². The molecule has 1 aliphatic rings. The van der Waals surface area contributed by atoms with Crippen molar-refractivity contribution < 1.29 is 9.84 Å². The first kappa shape index (κ1) is 17.8. The fraction of sp³-hybridized carbons (Fsp3) is 0.611. The minimum absolute atomic E-state index is 0.217. The van der Waals surface area contributed by atoms with E-state index in [9.17, 15) is 5.11 Å². The highest BCUT2D eigenvalue weighted by Crippen LogP contribution is 2.09.